The lowest BCUT2D eigenvalue weighted by Gasteiger charge is -2.09. The average molecular weight is 384 g/mol. The van der Waals surface area contributed by atoms with Crippen molar-refractivity contribution in [1.82, 2.24) is 4.98 Å². The largest absolute Gasteiger partial charge is 0.354 e. The molecule has 3 aromatic rings. The quantitative estimate of drug-likeness (QED) is 0.603. The molecule has 136 valence electrons. The summed E-state index contributed by atoms with van der Waals surface area (Å²) >= 11 is 5.77. The van der Waals surface area contributed by atoms with E-state index in [0.717, 1.165) is 0 Å². The van der Waals surface area contributed by atoms with Crippen LogP contribution in [0.15, 0.2) is 60.9 Å². The normalized spacial score (nSPS) is 10.3. The van der Waals surface area contributed by atoms with Crippen LogP contribution in [0.4, 0.5) is 21.5 Å². The summed E-state index contributed by atoms with van der Waals surface area (Å²) in [4.78, 5) is 27.8. The number of amides is 1. The van der Waals surface area contributed by atoms with Crippen molar-refractivity contribution in [3.05, 3.63) is 82.9 Å². The van der Waals surface area contributed by atoms with E-state index in [9.17, 15) is 14.0 Å². The van der Waals surface area contributed by atoms with Gasteiger partial charge in [-0.05, 0) is 55.5 Å². The molecule has 0 atom stereocenters. The van der Waals surface area contributed by atoms with Gasteiger partial charge in [-0.2, -0.15) is 0 Å². The van der Waals surface area contributed by atoms with Crippen LogP contribution in [0.5, 0.6) is 0 Å². The number of anilines is 3. The molecule has 2 aromatic carbocycles. The number of hydrogen-bond acceptors (Lipinski definition) is 4. The third-order valence-electron chi connectivity index (χ3n) is 3.76. The second-order valence-electron chi connectivity index (χ2n) is 5.80. The number of aromatic nitrogens is 1. The van der Waals surface area contributed by atoms with Crippen molar-refractivity contribution >= 4 is 40.4 Å². The van der Waals surface area contributed by atoms with Crippen molar-refractivity contribution < 1.29 is 14.0 Å². The number of pyridine rings is 1. The summed E-state index contributed by atoms with van der Waals surface area (Å²) in [5, 5.41) is 5.76. The molecule has 5 nitrogen and oxygen atoms in total. The Morgan fingerprint density at radius 1 is 0.926 bits per heavy atom. The summed E-state index contributed by atoms with van der Waals surface area (Å²) < 4.78 is 13.2. The molecule has 0 saturated carbocycles. The number of benzene rings is 2. The van der Waals surface area contributed by atoms with Gasteiger partial charge in [0.15, 0.2) is 5.78 Å². The number of carbonyl (C=O) groups is 2. The van der Waals surface area contributed by atoms with Crippen LogP contribution in [-0.4, -0.2) is 16.7 Å². The van der Waals surface area contributed by atoms with Crippen LogP contribution < -0.4 is 10.6 Å². The fraction of sp³-hybridized carbons (Fsp3) is 0.0500. The summed E-state index contributed by atoms with van der Waals surface area (Å²) in [7, 11) is 0. The SMILES string of the molecule is CC(=O)c1ccc(NC(=O)c2cncc(Nc3ccc(F)c(Cl)c3)c2)cc1. The van der Waals surface area contributed by atoms with E-state index in [0.29, 0.717) is 28.2 Å². The van der Waals surface area contributed by atoms with Crippen LogP contribution in [-0.2, 0) is 0 Å². The Labute approximate surface area is 160 Å². The molecule has 2 N–H and O–H groups in total. The van der Waals surface area contributed by atoms with Gasteiger partial charge in [-0.15, -0.1) is 0 Å². The van der Waals surface area contributed by atoms with Gasteiger partial charge in [0.2, 0.25) is 0 Å². The number of halogens is 2. The standard InChI is InChI=1S/C20H15ClFN3O2/c1-12(26)13-2-4-15(5-3-13)25-20(27)14-8-17(11-23-10-14)24-16-6-7-19(22)18(21)9-16/h2-11,24H,1H3,(H,25,27). The maximum atomic E-state index is 13.2. The third-order valence-corrected chi connectivity index (χ3v) is 4.05. The van der Waals surface area contributed by atoms with Crippen molar-refractivity contribution in [3.8, 4) is 0 Å². The number of nitrogens with zero attached hydrogens (tertiary/aromatic N) is 1. The van der Waals surface area contributed by atoms with Gasteiger partial charge in [0.25, 0.3) is 5.91 Å². The Hall–Kier alpha value is -3.25. The molecule has 0 radical (unpaired) electrons. The Morgan fingerprint density at radius 2 is 1.63 bits per heavy atom. The highest BCUT2D eigenvalue weighted by molar-refractivity contribution is 6.31. The number of hydrogen-bond donors (Lipinski definition) is 2. The molecule has 1 amide bonds. The van der Waals surface area contributed by atoms with E-state index in [1.54, 1.807) is 30.3 Å². The first-order valence-corrected chi connectivity index (χ1v) is 8.39. The van der Waals surface area contributed by atoms with Gasteiger partial charge in [-0.3, -0.25) is 14.6 Å². The van der Waals surface area contributed by atoms with E-state index >= 15 is 0 Å². The molecule has 0 aliphatic carbocycles. The van der Waals surface area contributed by atoms with Crippen LogP contribution in [0.25, 0.3) is 0 Å². The summed E-state index contributed by atoms with van der Waals surface area (Å²) in [6, 6.07) is 12.4. The lowest BCUT2D eigenvalue weighted by Crippen LogP contribution is -2.12. The zero-order chi connectivity index (χ0) is 19.4. The molecule has 7 heteroatoms. The predicted octanol–water partition coefficient (Wildman–Crippen LogP) is 5.07. The van der Waals surface area contributed by atoms with Crippen molar-refractivity contribution in [2.75, 3.05) is 10.6 Å². The molecule has 0 bridgehead atoms. The minimum atomic E-state index is -0.510. The molecule has 3 rings (SSSR count). The first-order valence-electron chi connectivity index (χ1n) is 8.02. The maximum absolute atomic E-state index is 13.2. The zero-order valence-corrected chi connectivity index (χ0v) is 15.0. The topological polar surface area (TPSA) is 71.1 Å². The molecule has 1 aromatic heterocycles. The van der Waals surface area contributed by atoms with E-state index in [1.165, 1.54) is 37.5 Å². The van der Waals surface area contributed by atoms with Crippen LogP contribution in [0.2, 0.25) is 5.02 Å². The average Bonchev–Trinajstić information content (AvgIpc) is 2.65. The molecule has 0 saturated heterocycles. The number of rotatable bonds is 5. The Bertz CT molecular complexity index is 1010. The Kier molecular flexibility index (Phi) is 5.47. The second kappa shape index (κ2) is 7.97. The van der Waals surface area contributed by atoms with Crippen LogP contribution in [0, 0.1) is 5.82 Å². The molecule has 1 heterocycles. The van der Waals surface area contributed by atoms with Gasteiger partial charge in [-0.25, -0.2) is 4.39 Å². The van der Waals surface area contributed by atoms with Crippen molar-refractivity contribution in [2.45, 2.75) is 6.92 Å². The van der Waals surface area contributed by atoms with Gasteiger partial charge >= 0.3 is 0 Å². The molecular weight excluding hydrogens is 369 g/mol. The van der Waals surface area contributed by atoms with Crippen molar-refractivity contribution in [2.24, 2.45) is 0 Å². The van der Waals surface area contributed by atoms with E-state index in [-0.39, 0.29) is 16.7 Å². The highest BCUT2D eigenvalue weighted by atomic mass is 35.5. The van der Waals surface area contributed by atoms with Crippen LogP contribution >= 0.6 is 11.6 Å². The molecule has 0 unspecified atom stereocenters. The van der Waals surface area contributed by atoms with Crippen LogP contribution in [0.1, 0.15) is 27.6 Å². The first kappa shape index (κ1) is 18.5. The smallest absolute Gasteiger partial charge is 0.257 e. The summed E-state index contributed by atoms with van der Waals surface area (Å²) in [5.41, 5.74) is 2.59. The number of carbonyl (C=O) groups excluding carboxylic acids is 2. The second-order valence-corrected chi connectivity index (χ2v) is 6.21. The van der Waals surface area contributed by atoms with Gasteiger partial charge in [0, 0.05) is 23.1 Å². The lowest BCUT2D eigenvalue weighted by molar-refractivity contribution is 0.101. The third kappa shape index (κ3) is 4.68. The lowest BCUT2D eigenvalue weighted by atomic mass is 10.1. The molecular formula is C20H15ClFN3O2. The van der Waals surface area contributed by atoms with Gasteiger partial charge in [0.05, 0.1) is 22.5 Å². The van der Waals surface area contributed by atoms with Crippen molar-refractivity contribution in [1.29, 1.82) is 0 Å². The fourth-order valence-electron chi connectivity index (χ4n) is 2.36. The molecule has 0 aliphatic rings. The van der Waals surface area contributed by atoms with E-state index in [2.05, 4.69) is 15.6 Å². The highest BCUT2D eigenvalue weighted by Crippen LogP contribution is 2.23. The maximum Gasteiger partial charge on any atom is 0.257 e. The Morgan fingerprint density at radius 3 is 2.30 bits per heavy atom. The van der Waals surface area contributed by atoms with Crippen LogP contribution in [0.3, 0.4) is 0 Å². The van der Waals surface area contributed by atoms with E-state index in [1.807, 2.05) is 0 Å². The van der Waals surface area contributed by atoms with Gasteiger partial charge in [0.1, 0.15) is 5.82 Å². The van der Waals surface area contributed by atoms with Gasteiger partial charge < -0.3 is 10.6 Å². The summed E-state index contributed by atoms with van der Waals surface area (Å²) in [6.45, 7) is 1.48. The molecule has 0 fully saturated rings. The summed E-state index contributed by atoms with van der Waals surface area (Å²) in [5.74, 6) is -0.903. The molecule has 0 spiro atoms. The fourth-order valence-corrected chi connectivity index (χ4v) is 2.55. The monoisotopic (exact) mass is 383 g/mol. The predicted molar refractivity (Wildman–Crippen MR) is 103 cm³/mol. The minimum absolute atomic E-state index is 0.00383. The number of nitrogens with one attached hydrogen (secondary N) is 2. The molecule has 27 heavy (non-hydrogen) atoms. The number of Topliss-reactive ketones (excluding diaryl/α,β-unsaturated/α-hetero) is 1. The van der Waals surface area contributed by atoms with Crippen molar-refractivity contribution in [3.63, 3.8) is 0 Å². The minimum Gasteiger partial charge on any atom is -0.354 e. The van der Waals surface area contributed by atoms with E-state index < -0.39 is 5.82 Å². The van der Waals surface area contributed by atoms with Gasteiger partial charge in [-0.1, -0.05) is 11.6 Å². The zero-order valence-electron chi connectivity index (χ0n) is 14.3. The number of ketones is 1. The van der Waals surface area contributed by atoms with E-state index in [4.69, 9.17) is 11.6 Å². The first-order chi connectivity index (χ1) is 12.9. The highest BCUT2D eigenvalue weighted by Gasteiger charge is 2.09. The molecule has 0 aliphatic heterocycles. The Balaban J connectivity index is 1.73. The summed E-state index contributed by atoms with van der Waals surface area (Å²) in [6.07, 6.45) is 2.97.